The van der Waals surface area contributed by atoms with E-state index >= 15 is 0 Å². The van der Waals surface area contributed by atoms with E-state index in [0.29, 0.717) is 24.3 Å². The van der Waals surface area contributed by atoms with Gasteiger partial charge in [-0.3, -0.25) is 9.78 Å². The molecule has 0 atom stereocenters. The molecule has 7 nitrogen and oxygen atoms in total. The first-order chi connectivity index (χ1) is 12.3. The largest absolute Gasteiger partial charge is 0.496 e. The Morgan fingerprint density at radius 1 is 1.27 bits per heavy atom. The predicted molar refractivity (Wildman–Crippen MR) is 98.3 cm³/mol. The standard InChI is InChI=1S/C18H23N3O4S/c1-21(2)26(23,24)16-7-8-17(25-3)15(11-16)6-9-18(22)20-13-14-5-4-10-19-12-14/h4-5,7-8,10-12H,6,9,13H2,1-3H3,(H,20,22). The average molecular weight is 377 g/mol. The maximum atomic E-state index is 12.3. The highest BCUT2D eigenvalue weighted by Crippen LogP contribution is 2.25. The molecule has 0 saturated carbocycles. The second-order valence-electron chi connectivity index (χ2n) is 5.90. The molecule has 0 bridgehead atoms. The van der Waals surface area contributed by atoms with Gasteiger partial charge in [-0.25, -0.2) is 12.7 Å². The number of hydrogen-bond donors (Lipinski definition) is 1. The van der Waals surface area contributed by atoms with Gasteiger partial charge >= 0.3 is 0 Å². The Bertz CT molecular complexity index is 852. The third-order valence-corrected chi connectivity index (χ3v) is 5.68. The van der Waals surface area contributed by atoms with Crippen LogP contribution in [0.1, 0.15) is 17.5 Å². The molecule has 0 aliphatic heterocycles. The van der Waals surface area contributed by atoms with Gasteiger partial charge in [0.25, 0.3) is 0 Å². The molecule has 0 fully saturated rings. The van der Waals surface area contributed by atoms with Crippen LogP contribution in [0.15, 0.2) is 47.6 Å². The van der Waals surface area contributed by atoms with E-state index in [9.17, 15) is 13.2 Å². The number of benzene rings is 1. The van der Waals surface area contributed by atoms with E-state index in [0.717, 1.165) is 9.87 Å². The van der Waals surface area contributed by atoms with Crippen molar-refractivity contribution in [2.45, 2.75) is 24.3 Å². The summed E-state index contributed by atoms with van der Waals surface area (Å²) in [6, 6.07) is 8.36. The van der Waals surface area contributed by atoms with Gasteiger partial charge in [-0.1, -0.05) is 6.07 Å². The molecule has 1 aromatic heterocycles. The summed E-state index contributed by atoms with van der Waals surface area (Å²) in [6.07, 6.45) is 3.96. The van der Waals surface area contributed by atoms with Gasteiger partial charge in [0.15, 0.2) is 0 Å². The van der Waals surface area contributed by atoms with Crippen molar-refractivity contribution in [1.82, 2.24) is 14.6 Å². The minimum Gasteiger partial charge on any atom is -0.496 e. The van der Waals surface area contributed by atoms with Crippen molar-refractivity contribution in [2.24, 2.45) is 0 Å². The maximum absolute atomic E-state index is 12.3. The molecule has 0 aliphatic rings. The molecule has 1 aromatic carbocycles. The average Bonchev–Trinajstić information content (AvgIpc) is 2.65. The Labute approximate surface area is 154 Å². The van der Waals surface area contributed by atoms with E-state index < -0.39 is 10.0 Å². The molecular formula is C18H23N3O4S. The molecule has 0 radical (unpaired) electrons. The Morgan fingerprint density at radius 2 is 2.04 bits per heavy atom. The molecule has 1 heterocycles. The molecule has 0 saturated heterocycles. The number of sulfonamides is 1. The summed E-state index contributed by atoms with van der Waals surface area (Å²) >= 11 is 0. The zero-order valence-electron chi connectivity index (χ0n) is 15.1. The van der Waals surface area contributed by atoms with Crippen molar-refractivity contribution in [3.63, 3.8) is 0 Å². The van der Waals surface area contributed by atoms with E-state index in [1.807, 2.05) is 12.1 Å². The van der Waals surface area contributed by atoms with Gasteiger partial charge in [-0.2, -0.15) is 0 Å². The molecule has 26 heavy (non-hydrogen) atoms. The van der Waals surface area contributed by atoms with E-state index in [1.54, 1.807) is 24.5 Å². The molecule has 8 heteroatoms. The van der Waals surface area contributed by atoms with E-state index in [2.05, 4.69) is 10.3 Å². The lowest BCUT2D eigenvalue weighted by molar-refractivity contribution is -0.121. The summed E-state index contributed by atoms with van der Waals surface area (Å²) in [4.78, 5) is 16.3. The molecular weight excluding hydrogens is 354 g/mol. The number of nitrogens with zero attached hydrogens (tertiary/aromatic N) is 2. The van der Waals surface area contributed by atoms with Crippen LogP contribution in [0.5, 0.6) is 5.75 Å². The number of rotatable bonds is 8. The highest BCUT2D eigenvalue weighted by atomic mass is 32.2. The number of aromatic nitrogens is 1. The Hall–Kier alpha value is -2.45. The van der Waals surface area contributed by atoms with Crippen LogP contribution in [0.4, 0.5) is 0 Å². The molecule has 0 unspecified atom stereocenters. The van der Waals surface area contributed by atoms with Crippen LogP contribution in [0.25, 0.3) is 0 Å². The number of pyridine rings is 1. The van der Waals surface area contributed by atoms with Gasteiger partial charge in [0.05, 0.1) is 12.0 Å². The number of nitrogens with one attached hydrogen (secondary N) is 1. The zero-order valence-corrected chi connectivity index (χ0v) is 15.9. The monoisotopic (exact) mass is 377 g/mol. The molecule has 2 rings (SSSR count). The number of hydrogen-bond acceptors (Lipinski definition) is 5. The van der Waals surface area contributed by atoms with Gasteiger partial charge in [-0.05, 0) is 41.8 Å². The van der Waals surface area contributed by atoms with Crippen molar-refractivity contribution >= 4 is 15.9 Å². The minimum atomic E-state index is -3.54. The van der Waals surface area contributed by atoms with Crippen LogP contribution >= 0.6 is 0 Å². The lowest BCUT2D eigenvalue weighted by Crippen LogP contribution is -2.23. The molecule has 0 spiro atoms. The number of aryl methyl sites for hydroxylation is 1. The molecule has 0 aliphatic carbocycles. The number of methoxy groups -OCH3 is 1. The highest BCUT2D eigenvalue weighted by molar-refractivity contribution is 7.89. The van der Waals surface area contributed by atoms with Gasteiger partial charge in [0.1, 0.15) is 5.75 Å². The Balaban J connectivity index is 2.04. The molecule has 1 N–H and O–H groups in total. The van der Waals surface area contributed by atoms with Gasteiger partial charge in [0, 0.05) is 39.5 Å². The fraction of sp³-hybridized carbons (Fsp3) is 0.333. The van der Waals surface area contributed by atoms with Crippen LogP contribution < -0.4 is 10.1 Å². The van der Waals surface area contributed by atoms with Gasteiger partial charge in [0.2, 0.25) is 15.9 Å². The lowest BCUT2D eigenvalue weighted by atomic mass is 10.1. The zero-order chi connectivity index (χ0) is 19.2. The van der Waals surface area contributed by atoms with E-state index in [-0.39, 0.29) is 17.2 Å². The fourth-order valence-corrected chi connectivity index (χ4v) is 3.31. The summed E-state index contributed by atoms with van der Waals surface area (Å²) in [7, 11) is 0.931. The van der Waals surface area contributed by atoms with Crippen molar-refractivity contribution in [2.75, 3.05) is 21.2 Å². The predicted octanol–water partition coefficient (Wildman–Crippen LogP) is 1.59. The normalized spacial score (nSPS) is 11.4. The summed E-state index contributed by atoms with van der Waals surface area (Å²) in [5.41, 5.74) is 1.59. The smallest absolute Gasteiger partial charge is 0.242 e. The summed E-state index contributed by atoms with van der Waals surface area (Å²) in [6.45, 7) is 0.402. The number of carbonyl (C=O) groups is 1. The third kappa shape index (κ3) is 5.03. The second-order valence-corrected chi connectivity index (χ2v) is 8.05. The Morgan fingerprint density at radius 3 is 2.65 bits per heavy atom. The van der Waals surface area contributed by atoms with E-state index in [4.69, 9.17) is 4.74 Å². The van der Waals surface area contributed by atoms with Crippen molar-refractivity contribution < 1.29 is 17.9 Å². The van der Waals surface area contributed by atoms with Crippen molar-refractivity contribution in [3.8, 4) is 5.75 Å². The van der Waals surface area contributed by atoms with Crippen molar-refractivity contribution in [1.29, 1.82) is 0 Å². The number of carbonyl (C=O) groups excluding carboxylic acids is 1. The minimum absolute atomic E-state index is 0.128. The van der Waals surface area contributed by atoms with Crippen molar-refractivity contribution in [3.05, 3.63) is 53.9 Å². The van der Waals surface area contributed by atoms with E-state index in [1.165, 1.54) is 27.3 Å². The highest BCUT2D eigenvalue weighted by Gasteiger charge is 2.19. The Kier molecular flexibility index (Phi) is 6.70. The number of ether oxygens (including phenoxy) is 1. The van der Waals surface area contributed by atoms with Gasteiger partial charge < -0.3 is 10.1 Å². The second kappa shape index (κ2) is 8.77. The fourth-order valence-electron chi connectivity index (χ4n) is 2.36. The third-order valence-electron chi connectivity index (χ3n) is 3.86. The lowest BCUT2D eigenvalue weighted by Gasteiger charge is -2.14. The van der Waals surface area contributed by atoms with Crippen LogP contribution in [0.3, 0.4) is 0 Å². The molecule has 1 amide bonds. The number of amides is 1. The van der Waals surface area contributed by atoms with Crippen LogP contribution in [-0.2, 0) is 27.8 Å². The van der Waals surface area contributed by atoms with Crippen LogP contribution in [0.2, 0.25) is 0 Å². The summed E-state index contributed by atoms with van der Waals surface area (Å²) < 4.78 is 31.0. The topological polar surface area (TPSA) is 88.6 Å². The van der Waals surface area contributed by atoms with Crippen LogP contribution in [-0.4, -0.2) is 44.8 Å². The SMILES string of the molecule is COc1ccc(S(=O)(=O)N(C)C)cc1CCC(=O)NCc1cccnc1. The quantitative estimate of drug-likeness (QED) is 0.755. The maximum Gasteiger partial charge on any atom is 0.242 e. The van der Waals surface area contributed by atoms with Gasteiger partial charge in [-0.15, -0.1) is 0 Å². The first-order valence-electron chi connectivity index (χ1n) is 8.09. The summed E-state index contributed by atoms with van der Waals surface area (Å²) in [5, 5.41) is 2.82. The summed E-state index contributed by atoms with van der Waals surface area (Å²) in [5.74, 6) is 0.430. The first kappa shape index (κ1) is 19.9. The van der Waals surface area contributed by atoms with Crippen LogP contribution in [0, 0.1) is 0 Å². The molecule has 2 aromatic rings. The molecule has 140 valence electrons. The first-order valence-corrected chi connectivity index (χ1v) is 9.53.